The third-order valence-corrected chi connectivity index (χ3v) is 4.65. The molecule has 1 aromatic carbocycles. The van der Waals surface area contributed by atoms with Crippen LogP contribution in [0, 0.1) is 11.7 Å². The average Bonchev–Trinajstić information content (AvgIpc) is 3.27. The minimum atomic E-state index is -0.704. The largest absolute Gasteiger partial charge is 0.478 e. The highest BCUT2D eigenvalue weighted by Gasteiger charge is 2.31. The van der Waals surface area contributed by atoms with E-state index in [4.69, 9.17) is 4.74 Å². The molecule has 2 aromatic rings. The summed E-state index contributed by atoms with van der Waals surface area (Å²) in [6.07, 6.45) is 6.28. The summed E-state index contributed by atoms with van der Waals surface area (Å²) in [5.41, 5.74) is 0. The molecule has 1 amide bonds. The van der Waals surface area contributed by atoms with Crippen molar-refractivity contribution in [3.63, 3.8) is 0 Å². The van der Waals surface area contributed by atoms with Crippen LogP contribution in [0.1, 0.15) is 32.6 Å². The third-order valence-electron chi connectivity index (χ3n) is 4.65. The number of carbonyl (C=O) groups excluding carboxylic acids is 1. The highest BCUT2D eigenvalue weighted by Crippen LogP contribution is 2.27. The Morgan fingerprint density at radius 2 is 2.28 bits per heavy atom. The first-order valence-electron chi connectivity index (χ1n) is 8.73. The van der Waals surface area contributed by atoms with E-state index >= 15 is 0 Å². The van der Waals surface area contributed by atoms with Gasteiger partial charge in [0, 0.05) is 18.8 Å². The molecule has 3 atom stereocenters. The normalized spacial score (nSPS) is 21.0. The summed E-state index contributed by atoms with van der Waals surface area (Å²) in [5.74, 6) is -0.230. The van der Waals surface area contributed by atoms with Gasteiger partial charge in [0.2, 0.25) is 0 Å². The van der Waals surface area contributed by atoms with Crippen molar-refractivity contribution in [2.24, 2.45) is 5.92 Å². The lowest BCUT2D eigenvalue weighted by atomic mass is 10.0. The lowest BCUT2D eigenvalue weighted by molar-refractivity contribution is -0.129. The Kier molecular flexibility index (Phi) is 5.63. The van der Waals surface area contributed by atoms with E-state index in [0.29, 0.717) is 12.3 Å². The van der Waals surface area contributed by atoms with Crippen molar-refractivity contribution in [1.29, 1.82) is 0 Å². The average molecular weight is 346 g/mol. The smallest absolute Gasteiger partial charge is 0.261 e. The Balaban J connectivity index is 1.60. The van der Waals surface area contributed by atoms with Gasteiger partial charge in [-0.05, 0) is 37.3 Å². The molecule has 0 aliphatic heterocycles. The summed E-state index contributed by atoms with van der Waals surface area (Å²) >= 11 is 0. The van der Waals surface area contributed by atoms with Crippen LogP contribution < -0.4 is 10.1 Å². The molecule has 1 unspecified atom stereocenters. The molecule has 1 N–H and O–H groups in total. The Labute approximate surface area is 146 Å². The van der Waals surface area contributed by atoms with Crippen molar-refractivity contribution in [3.05, 3.63) is 42.5 Å². The summed E-state index contributed by atoms with van der Waals surface area (Å²) < 4.78 is 21.1. The molecule has 25 heavy (non-hydrogen) atoms. The minimum Gasteiger partial charge on any atom is -0.478 e. The van der Waals surface area contributed by atoms with Crippen LogP contribution in [0.4, 0.5) is 4.39 Å². The number of nitrogens with one attached hydrogen (secondary N) is 1. The first kappa shape index (κ1) is 17.4. The number of nitrogens with zero attached hydrogens (tertiary/aromatic N) is 3. The van der Waals surface area contributed by atoms with Gasteiger partial charge in [0.25, 0.3) is 5.91 Å². The van der Waals surface area contributed by atoms with Crippen molar-refractivity contribution < 1.29 is 13.9 Å². The van der Waals surface area contributed by atoms with Crippen molar-refractivity contribution in [2.45, 2.75) is 51.3 Å². The van der Waals surface area contributed by atoms with Gasteiger partial charge in [-0.15, -0.1) is 5.10 Å². The molecule has 0 spiro atoms. The number of ether oxygens (including phenoxy) is 1. The molecule has 3 rings (SSSR count). The number of carbonyl (C=O) groups is 1. The summed E-state index contributed by atoms with van der Waals surface area (Å²) in [6, 6.07) is 6.22. The molecular weight excluding hydrogens is 323 g/mol. The van der Waals surface area contributed by atoms with Crippen LogP contribution in [0.5, 0.6) is 5.75 Å². The molecule has 1 aliphatic carbocycles. The molecule has 6 nitrogen and oxygen atoms in total. The van der Waals surface area contributed by atoms with Crippen LogP contribution in [-0.4, -0.2) is 33.0 Å². The second kappa shape index (κ2) is 8.09. The quantitative estimate of drug-likeness (QED) is 0.836. The first-order chi connectivity index (χ1) is 12.2. The third kappa shape index (κ3) is 4.35. The van der Waals surface area contributed by atoms with Crippen molar-refractivity contribution >= 4 is 5.91 Å². The molecule has 1 aliphatic rings. The van der Waals surface area contributed by atoms with Gasteiger partial charge in [0.15, 0.2) is 17.7 Å². The second-order valence-electron chi connectivity index (χ2n) is 6.38. The second-order valence-corrected chi connectivity index (χ2v) is 6.38. The SMILES string of the molecule is CCC(Oc1ccccc1F)C(=O)N[C@@H]1CCC[C@@H]1Cn1ccnn1. The zero-order chi connectivity index (χ0) is 17.6. The predicted molar refractivity (Wildman–Crippen MR) is 90.4 cm³/mol. The number of hydrogen-bond acceptors (Lipinski definition) is 4. The number of halogens is 1. The van der Waals surface area contributed by atoms with Crippen LogP contribution >= 0.6 is 0 Å². The zero-order valence-corrected chi connectivity index (χ0v) is 14.3. The fourth-order valence-corrected chi connectivity index (χ4v) is 3.31. The van der Waals surface area contributed by atoms with E-state index in [9.17, 15) is 9.18 Å². The molecule has 7 heteroatoms. The van der Waals surface area contributed by atoms with Gasteiger partial charge in [0.05, 0.1) is 6.20 Å². The minimum absolute atomic E-state index is 0.0787. The Morgan fingerprint density at radius 3 is 3.00 bits per heavy atom. The number of benzene rings is 1. The van der Waals surface area contributed by atoms with Gasteiger partial charge in [-0.2, -0.15) is 0 Å². The molecule has 0 saturated heterocycles. The molecule has 1 saturated carbocycles. The Bertz CT molecular complexity index is 692. The number of hydrogen-bond donors (Lipinski definition) is 1. The van der Waals surface area contributed by atoms with E-state index < -0.39 is 11.9 Å². The summed E-state index contributed by atoms with van der Waals surface area (Å²) in [6.45, 7) is 2.59. The fourth-order valence-electron chi connectivity index (χ4n) is 3.31. The number of rotatable bonds is 7. The lowest BCUT2D eigenvalue weighted by Crippen LogP contribution is -2.45. The number of aromatic nitrogens is 3. The maximum Gasteiger partial charge on any atom is 0.261 e. The van der Waals surface area contributed by atoms with Crippen LogP contribution in [0.2, 0.25) is 0 Å². The predicted octanol–water partition coefficient (Wildman–Crippen LogP) is 2.56. The molecule has 0 radical (unpaired) electrons. The van der Waals surface area contributed by atoms with E-state index in [2.05, 4.69) is 15.6 Å². The maximum atomic E-state index is 13.8. The van der Waals surface area contributed by atoms with Crippen LogP contribution in [-0.2, 0) is 11.3 Å². The Hall–Kier alpha value is -2.44. The van der Waals surface area contributed by atoms with Gasteiger partial charge >= 0.3 is 0 Å². The van der Waals surface area contributed by atoms with Gasteiger partial charge in [0.1, 0.15) is 0 Å². The van der Waals surface area contributed by atoms with Gasteiger partial charge in [-0.25, -0.2) is 4.39 Å². The van der Waals surface area contributed by atoms with E-state index in [1.165, 1.54) is 12.1 Å². The molecule has 1 heterocycles. The standard InChI is InChI=1S/C18H23FN4O2/c1-2-16(25-17-9-4-3-7-14(17)19)18(24)21-15-8-5-6-13(15)12-23-11-10-20-22-23/h3-4,7,9-11,13,15-16H,2,5-6,8,12H2,1H3,(H,21,24)/t13-,15-,16?/m1/s1. The first-order valence-corrected chi connectivity index (χ1v) is 8.73. The van der Waals surface area contributed by atoms with Gasteiger partial charge in [-0.3, -0.25) is 9.48 Å². The summed E-state index contributed by atoms with van der Waals surface area (Å²) in [4.78, 5) is 12.6. The van der Waals surface area contributed by atoms with Gasteiger partial charge in [-0.1, -0.05) is 30.7 Å². The maximum absolute atomic E-state index is 13.8. The van der Waals surface area contributed by atoms with Crippen molar-refractivity contribution in [3.8, 4) is 5.75 Å². The van der Waals surface area contributed by atoms with E-state index in [1.54, 1.807) is 23.0 Å². The van der Waals surface area contributed by atoms with Crippen LogP contribution in [0.25, 0.3) is 0 Å². The highest BCUT2D eigenvalue weighted by atomic mass is 19.1. The number of amides is 1. The molecule has 134 valence electrons. The molecule has 0 bridgehead atoms. The number of para-hydroxylation sites is 1. The lowest BCUT2D eigenvalue weighted by Gasteiger charge is -2.24. The van der Waals surface area contributed by atoms with E-state index in [-0.39, 0.29) is 17.7 Å². The summed E-state index contributed by atoms with van der Waals surface area (Å²) in [5, 5.41) is 10.9. The van der Waals surface area contributed by atoms with E-state index in [0.717, 1.165) is 25.8 Å². The molecule has 1 aromatic heterocycles. The van der Waals surface area contributed by atoms with Crippen LogP contribution in [0.15, 0.2) is 36.7 Å². The van der Waals surface area contributed by atoms with Crippen molar-refractivity contribution in [2.75, 3.05) is 0 Å². The molecule has 1 fully saturated rings. The Morgan fingerprint density at radius 1 is 1.44 bits per heavy atom. The summed E-state index contributed by atoms with van der Waals surface area (Å²) in [7, 11) is 0. The van der Waals surface area contributed by atoms with Crippen molar-refractivity contribution in [1.82, 2.24) is 20.3 Å². The fraction of sp³-hybridized carbons (Fsp3) is 0.500. The zero-order valence-electron chi connectivity index (χ0n) is 14.3. The van der Waals surface area contributed by atoms with E-state index in [1.807, 2.05) is 13.1 Å². The highest BCUT2D eigenvalue weighted by molar-refractivity contribution is 5.81. The van der Waals surface area contributed by atoms with Crippen LogP contribution in [0.3, 0.4) is 0 Å². The topological polar surface area (TPSA) is 69.0 Å². The monoisotopic (exact) mass is 346 g/mol. The molecular formula is C18H23FN4O2. The van der Waals surface area contributed by atoms with Gasteiger partial charge < -0.3 is 10.1 Å².